The first-order chi connectivity index (χ1) is 9.27. The number of hydrogen-bond acceptors (Lipinski definition) is 6. The number of ketones is 1. The minimum atomic E-state index is -0.934. The number of Topliss-reactive ketones (excluding diaryl/α,β-unsaturated/α-hetero) is 1. The van der Waals surface area contributed by atoms with Crippen LogP contribution in [-0.2, 0) is 19.1 Å². The third-order valence-corrected chi connectivity index (χ3v) is 3.06. The Morgan fingerprint density at radius 1 is 1.10 bits per heavy atom. The van der Waals surface area contributed by atoms with Crippen molar-refractivity contribution >= 4 is 28.8 Å². The summed E-state index contributed by atoms with van der Waals surface area (Å²) in [5.41, 5.74) is 0. The summed E-state index contributed by atoms with van der Waals surface area (Å²) in [6, 6.07) is 0. The van der Waals surface area contributed by atoms with Crippen LogP contribution in [0.25, 0.3) is 0 Å². The SMILES string of the molecule is CCSC(=O)CC(=O)[C@@H](OC(=O)OCC(C)C)C(C)C. The number of rotatable bonds is 8. The van der Waals surface area contributed by atoms with Gasteiger partial charge in [-0.05, 0) is 17.6 Å². The van der Waals surface area contributed by atoms with Crippen molar-refractivity contribution in [2.24, 2.45) is 11.8 Å². The van der Waals surface area contributed by atoms with Gasteiger partial charge in [-0.3, -0.25) is 9.59 Å². The highest BCUT2D eigenvalue weighted by atomic mass is 32.2. The summed E-state index contributed by atoms with van der Waals surface area (Å²) >= 11 is 1.09. The van der Waals surface area contributed by atoms with E-state index in [1.165, 1.54) is 0 Å². The molecule has 0 aromatic carbocycles. The summed E-state index contributed by atoms with van der Waals surface area (Å²) in [7, 11) is 0. The third-order valence-electron chi connectivity index (χ3n) is 2.30. The molecule has 116 valence electrons. The monoisotopic (exact) mass is 304 g/mol. The number of hydrogen-bond donors (Lipinski definition) is 0. The van der Waals surface area contributed by atoms with Crippen molar-refractivity contribution in [1.29, 1.82) is 0 Å². The van der Waals surface area contributed by atoms with E-state index in [1.807, 2.05) is 20.8 Å². The van der Waals surface area contributed by atoms with Gasteiger partial charge in [0, 0.05) is 0 Å². The van der Waals surface area contributed by atoms with E-state index in [0.29, 0.717) is 5.75 Å². The molecule has 0 aliphatic heterocycles. The summed E-state index contributed by atoms with van der Waals surface area (Å²) in [5, 5.41) is -0.206. The molecule has 0 N–H and O–H groups in total. The van der Waals surface area contributed by atoms with Crippen LogP contribution in [0, 0.1) is 11.8 Å². The van der Waals surface area contributed by atoms with Crippen molar-refractivity contribution in [2.75, 3.05) is 12.4 Å². The van der Waals surface area contributed by atoms with E-state index in [1.54, 1.807) is 13.8 Å². The molecule has 0 aliphatic carbocycles. The van der Waals surface area contributed by atoms with Gasteiger partial charge in [-0.1, -0.05) is 46.4 Å². The lowest BCUT2D eigenvalue weighted by atomic mass is 10.0. The van der Waals surface area contributed by atoms with Gasteiger partial charge in [0.25, 0.3) is 0 Å². The largest absolute Gasteiger partial charge is 0.509 e. The molecule has 5 nitrogen and oxygen atoms in total. The van der Waals surface area contributed by atoms with E-state index in [9.17, 15) is 14.4 Å². The second-order valence-electron chi connectivity index (χ2n) is 5.19. The van der Waals surface area contributed by atoms with E-state index in [0.717, 1.165) is 11.8 Å². The highest BCUT2D eigenvalue weighted by molar-refractivity contribution is 8.13. The fraction of sp³-hybridized carbons (Fsp3) is 0.786. The molecule has 0 heterocycles. The zero-order chi connectivity index (χ0) is 15.7. The minimum Gasteiger partial charge on any atom is -0.434 e. The number of ether oxygens (including phenoxy) is 2. The van der Waals surface area contributed by atoms with Crippen LogP contribution in [0.3, 0.4) is 0 Å². The van der Waals surface area contributed by atoms with Gasteiger partial charge in [-0.2, -0.15) is 0 Å². The van der Waals surface area contributed by atoms with E-state index < -0.39 is 12.3 Å². The summed E-state index contributed by atoms with van der Waals surface area (Å²) in [6.45, 7) is 9.40. The summed E-state index contributed by atoms with van der Waals surface area (Å²) in [4.78, 5) is 34.9. The topological polar surface area (TPSA) is 69.7 Å². The highest BCUT2D eigenvalue weighted by Gasteiger charge is 2.28. The van der Waals surface area contributed by atoms with Crippen LogP contribution in [0.4, 0.5) is 4.79 Å². The molecule has 0 saturated heterocycles. The average molecular weight is 304 g/mol. The normalized spacial score (nSPS) is 12.3. The average Bonchev–Trinajstić information content (AvgIpc) is 2.32. The van der Waals surface area contributed by atoms with E-state index in [4.69, 9.17) is 9.47 Å². The van der Waals surface area contributed by atoms with Crippen molar-refractivity contribution in [2.45, 2.75) is 47.1 Å². The lowest BCUT2D eigenvalue weighted by molar-refractivity contribution is -0.133. The van der Waals surface area contributed by atoms with Gasteiger partial charge in [0.2, 0.25) is 0 Å². The molecule has 0 aromatic rings. The predicted octanol–water partition coefficient (Wildman–Crippen LogP) is 3.06. The minimum absolute atomic E-state index is 0.193. The lowest BCUT2D eigenvalue weighted by Crippen LogP contribution is -2.33. The van der Waals surface area contributed by atoms with Crippen LogP contribution in [-0.4, -0.2) is 35.5 Å². The maximum absolute atomic E-state index is 12.0. The Hall–Kier alpha value is -1.04. The van der Waals surface area contributed by atoms with Gasteiger partial charge in [-0.25, -0.2) is 4.79 Å². The second-order valence-corrected chi connectivity index (χ2v) is 6.51. The Morgan fingerprint density at radius 3 is 2.15 bits per heavy atom. The summed E-state index contributed by atoms with van der Waals surface area (Å²) in [5.74, 6) is 0.231. The van der Waals surface area contributed by atoms with Crippen molar-refractivity contribution in [3.8, 4) is 0 Å². The number of thioether (sulfide) groups is 1. The van der Waals surface area contributed by atoms with Crippen molar-refractivity contribution in [1.82, 2.24) is 0 Å². The van der Waals surface area contributed by atoms with Crippen LogP contribution < -0.4 is 0 Å². The maximum Gasteiger partial charge on any atom is 0.509 e. The van der Waals surface area contributed by atoms with Gasteiger partial charge in [0.1, 0.15) is 0 Å². The van der Waals surface area contributed by atoms with Crippen LogP contribution >= 0.6 is 11.8 Å². The molecule has 0 rings (SSSR count). The standard InChI is InChI=1S/C14H24O5S/c1-6-20-12(16)7-11(15)13(10(4)5)19-14(17)18-8-9(2)3/h9-10,13H,6-8H2,1-5H3/t13-/m0/s1. The summed E-state index contributed by atoms with van der Waals surface area (Å²) in [6.07, 6.45) is -2.02. The first-order valence-corrected chi connectivity index (χ1v) is 7.78. The molecule has 0 radical (unpaired) electrons. The molecule has 0 fully saturated rings. The van der Waals surface area contributed by atoms with E-state index >= 15 is 0 Å². The van der Waals surface area contributed by atoms with Crippen LogP contribution in [0.2, 0.25) is 0 Å². The molecule has 0 spiro atoms. The van der Waals surface area contributed by atoms with Gasteiger partial charge in [0.15, 0.2) is 17.0 Å². The van der Waals surface area contributed by atoms with Crippen molar-refractivity contribution in [3.05, 3.63) is 0 Å². The number of carbonyl (C=O) groups is 3. The van der Waals surface area contributed by atoms with Crippen molar-refractivity contribution in [3.63, 3.8) is 0 Å². The molecule has 0 bridgehead atoms. The fourth-order valence-corrected chi connectivity index (χ4v) is 1.97. The summed E-state index contributed by atoms with van der Waals surface area (Å²) < 4.78 is 9.91. The molecular formula is C14H24O5S. The van der Waals surface area contributed by atoms with E-state index in [2.05, 4.69) is 0 Å². The van der Waals surface area contributed by atoms with Crippen LogP contribution in [0.5, 0.6) is 0 Å². The molecule has 0 amide bonds. The Labute approximate surface area is 124 Å². The molecule has 0 unspecified atom stereocenters. The van der Waals surface area contributed by atoms with Crippen molar-refractivity contribution < 1.29 is 23.9 Å². The molecule has 6 heteroatoms. The molecular weight excluding hydrogens is 280 g/mol. The molecule has 20 heavy (non-hydrogen) atoms. The lowest BCUT2D eigenvalue weighted by Gasteiger charge is -2.19. The fourth-order valence-electron chi connectivity index (χ4n) is 1.40. The van der Waals surface area contributed by atoms with Crippen LogP contribution in [0.15, 0.2) is 0 Å². The highest BCUT2D eigenvalue weighted by Crippen LogP contribution is 2.14. The smallest absolute Gasteiger partial charge is 0.434 e. The van der Waals surface area contributed by atoms with Crippen LogP contribution in [0.1, 0.15) is 41.0 Å². The maximum atomic E-state index is 12.0. The van der Waals surface area contributed by atoms with Gasteiger partial charge < -0.3 is 9.47 Å². The zero-order valence-electron chi connectivity index (χ0n) is 12.8. The zero-order valence-corrected chi connectivity index (χ0v) is 13.6. The number of carbonyl (C=O) groups excluding carboxylic acids is 3. The Morgan fingerprint density at radius 2 is 1.70 bits per heavy atom. The quantitative estimate of drug-likeness (QED) is 0.507. The van der Waals surface area contributed by atoms with Gasteiger partial charge in [-0.15, -0.1) is 0 Å². The molecule has 0 aromatic heterocycles. The predicted molar refractivity (Wildman–Crippen MR) is 78.7 cm³/mol. The first kappa shape index (κ1) is 19.0. The van der Waals surface area contributed by atoms with E-state index in [-0.39, 0.29) is 35.8 Å². The Balaban J connectivity index is 4.45. The molecule has 0 aliphatic rings. The Kier molecular flexibility index (Phi) is 9.29. The first-order valence-electron chi connectivity index (χ1n) is 6.79. The van der Waals surface area contributed by atoms with Gasteiger partial charge in [0.05, 0.1) is 13.0 Å². The van der Waals surface area contributed by atoms with Gasteiger partial charge >= 0.3 is 6.16 Å². The molecule has 0 saturated carbocycles. The third kappa shape index (κ3) is 8.19. The Bertz CT molecular complexity index is 338. The molecule has 1 atom stereocenters. The second kappa shape index (κ2) is 9.80.